The molecule has 0 bridgehead atoms. The fourth-order valence-electron chi connectivity index (χ4n) is 1.76. The summed E-state index contributed by atoms with van der Waals surface area (Å²) < 4.78 is 10.1. The highest BCUT2D eigenvalue weighted by Gasteiger charge is 2.14. The van der Waals surface area contributed by atoms with Crippen LogP contribution in [0.2, 0.25) is 0 Å². The summed E-state index contributed by atoms with van der Waals surface area (Å²) in [7, 11) is 1.47. The van der Waals surface area contributed by atoms with Crippen LogP contribution in [0, 0.1) is 11.3 Å². The lowest BCUT2D eigenvalue weighted by Gasteiger charge is -2.08. The van der Waals surface area contributed by atoms with Gasteiger partial charge in [-0.15, -0.1) is 0 Å². The predicted octanol–water partition coefficient (Wildman–Crippen LogP) is 2.63. The van der Waals surface area contributed by atoms with Gasteiger partial charge in [0.15, 0.2) is 0 Å². The Kier molecular flexibility index (Phi) is 4.42. The number of ether oxygens (including phenoxy) is 2. The van der Waals surface area contributed by atoms with Crippen LogP contribution in [0.4, 0.5) is 0 Å². The average molecular weight is 283 g/mol. The van der Waals surface area contributed by atoms with Crippen molar-refractivity contribution in [2.45, 2.75) is 6.61 Å². The van der Waals surface area contributed by atoms with Gasteiger partial charge in [-0.3, -0.25) is 0 Å². The lowest BCUT2D eigenvalue weighted by Crippen LogP contribution is -2.06. The number of carbonyl (C=O) groups is 1. The van der Waals surface area contributed by atoms with Crippen LogP contribution in [0.1, 0.15) is 21.5 Å². The minimum absolute atomic E-state index is 0.0189. The molecule has 21 heavy (non-hydrogen) atoms. The topological polar surface area (TPSA) is 79.6 Å². The molecule has 0 heterocycles. The summed E-state index contributed by atoms with van der Waals surface area (Å²) in [6.07, 6.45) is 0. The van der Waals surface area contributed by atoms with E-state index in [-0.39, 0.29) is 17.9 Å². The van der Waals surface area contributed by atoms with Crippen molar-refractivity contribution >= 4 is 5.97 Å². The highest BCUT2D eigenvalue weighted by Crippen LogP contribution is 2.23. The summed E-state index contributed by atoms with van der Waals surface area (Å²) in [4.78, 5) is 12.0. The zero-order valence-electron chi connectivity index (χ0n) is 11.4. The molecule has 0 saturated heterocycles. The van der Waals surface area contributed by atoms with Gasteiger partial charge in [0.2, 0.25) is 0 Å². The Morgan fingerprint density at radius 1 is 1.29 bits per heavy atom. The zero-order chi connectivity index (χ0) is 15.2. The molecule has 2 aromatic carbocycles. The van der Waals surface area contributed by atoms with Crippen molar-refractivity contribution in [1.82, 2.24) is 0 Å². The molecule has 5 nitrogen and oxygen atoms in total. The number of nitrogens with zero attached hydrogens (tertiary/aromatic N) is 1. The Balaban J connectivity index is 2.10. The molecular weight excluding hydrogens is 270 g/mol. The Hall–Kier alpha value is -3.00. The van der Waals surface area contributed by atoms with Crippen LogP contribution in [-0.2, 0) is 11.3 Å². The molecule has 1 N–H and O–H groups in total. The highest BCUT2D eigenvalue weighted by atomic mass is 16.5. The fourth-order valence-corrected chi connectivity index (χ4v) is 1.76. The molecule has 0 aliphatic carbocycles. The van der Waals surface area contributed by atoms with Crippen molar-refractivity contribution in [3.63, 3.8) is 0 Å². The monoisotopic (exact) mass is 283 g/mol. The van der Waals surface area contributed by atoms with Gasteiger partial charge in [0.05, 0.1) is 18.7 Å². The Morgan fingerprint density at radius 2 is 2.10 bits per heavy atom. The lowest BCUT2D eigenvalue weighted by atomic mass is 10.1. The largest absolute Gasteiger partial charge is 0.507 e. The van der Waals surface area contributed by atoms with Gasteiger partial charge in [0.1, 0.15) is 23.7 Å². The van der Waals surface area contributed by atoms with E-state index in [1.54, 1.807) is 30.3 Å². The zero-order valence-corrected chi connectivity index (χ0v) is 11.4. The first kappa shape index (κ1) is 14.4. The van der Waals surface area contributed by atoms with Crippen LogP contribution >= 0.6 is 0 Å². The van der Waals surface area contributed by atoms with E-state index in [0.717, 1.165) is 0 Å². The first-order valence-corrected chi connectivity index (χ1v) is 6.17. The molecule has 0 aromatic heterocycles. The van der Waals surface area contributed by atoms with E-state index in [2.05, 4.69) is 0 Å². The summed E-state index contributed by atoms with van der Waals surface area (Å²) >= 11 is 0. The summed E-state index contributed by atoms with van der Waals surface area (Å²) in [5.41, 5.74) is 1.23. The second kappa shape index (κ2) is 6.44. The molecule has 0 amide bonds. The third-order valence-electron chi connectivity index (χ3n) is 2.85. The summed E-state index contributed by atoms with van der Waals surface area (Å²) in [5.74, 6) is -0.383. The summed E-state index contributed by atoms with van der Waals surface area (Å²) in [6, 6.07) is 13.1. The molecule has 0 saturated carbocycles. The van der Waals surface area contributed by atoms with E-state index < -0.39 is 5.97 Å². The van der Waals surface area contributed by atoms with Crippen molar-refractivity contribution in [3.05, 3.63) is 59.2 Å². The van der Waals surface area contributed by atoms with Gasteiger partial charge in [-0.05, 0) is 35.9 Å². The van der Waals surface area contributed by atoms with Crippen LogP contribution in [0.3, 0.4) is 0 Å². The fraction of sp³-hybridized carbons (Fsp3) is 0.125. The van der Waals surface area contributed by atoms with Gasteiger partial charge in [-0.2, -0.15) is 5.26 Å². The number of nitriles is 1. The molecule has 5 heteroatoms. The van der Waals surface area contributed by atoms with E-state index in [9.17, 15) is 9.90 Å². The number of methoxy groups -OCH3 is 1. The maximum absolute atomic E-state index is 12.0. The molecule has 0 aliphatic heterocycles. The van der Waals surface area contributed by atoms with E-state index in [1.165, 1.54) is 19.2 Å². The maximum atomic E-state index is 12.0. The molecule has 106 valence electrons. The predicted molar refractivity (Wildman–Crippen MR) is 74.9 cm³/mol. The molecule has 0 radical (unpaired) electrons. The minimum Gasteiger partial charge on any atom is -0.507 e. The Bertz CT molecular complexity index is 704. The number of benzene rings is 2. The third-order valence-corrected chi connectivity index (χ3v) is 2.85. The van der Waals surface area contributed by atoms with E-state index in [1.807, 2.05) is 6.07 Å². The normalized spacial score (nSPS) is 9.71. The van der Waals surface area contributed by atoms with E-state index in [4.69, 9.17) is 14.7 Å². The van der Waals surface area contributed by atoms with Gasteiger partial charge >= 0.3 is 5.97 Å². The first-order valence-electron chi connectivity index (χ1n) is 6.17. The summed E-state index contributed by atoms with van der Waals surface area (Å²) in [6.45, 7) is 0.0189. The van der Waals surface area contributed by atoms with Gasteiger partial charge in [0.25, 0.3) is 0 Å². The second-order valence-corrected chi connectivity index (χ2v) is 4.27. The number of phenols is 1. The number of rotatable bonds is 4. The molecule has 2 rings (SSSR count). The van der Waals surface area contributed by atoms with Crippen LogP contribution < -0.4 is 4.74 Å². The number of carbonyl (C=O) groups excluding carboxylic acids is 1. The SMILES string of the molecule is COc1ccc(O)c(C(=O)OCc2cccc(C#N)c2)c1. The van der Waals surface area contributed by atoms with Crippen molar-refractivity contribution in [1.29, 1.82) is 5.26 Å². The summed E-state index contributed by atoms with van der Waals surface area (Å²) in [5, 5.41) is 18.5. The average Bonchev–Trinajstić information content (AvgIpc) is 2.53. The first-order chi connectivity index (χ1) is 10.1. The molecule has 0 fully saturated rings. The van der Waals surface area contributed by atoms with Gasteiger partial charge in [0, 0.05) is 0 Å². The number of hydrogen-bond acceptors (Lipinski definition) is 5. The van der Waals surface area contributed by atoms with E-state index in [0.29, 0.717) is 16.9 Å². The Labute approximate surface area is 122 Å². The van der Waals surface area contributed by atoms with Crippen molar-refractivity contribution in [2.24, 2.45) is 0 Å². The molecule has 0 aliphatic rings. The Morgan fingerprint density at radius 3 is 2.81 bits per heavy atom. The van der Waals surface area contributed by atoms with Crippen molar-refractivity contribution in [2.75, 3.05) is 7.11 Å². The number of phenolic OH excluding ortho intramolecular Hbond substituents is 1. The smallest absolute Gasteiger partial charge is 0.342 e. The number of hydrogen-bond donors (Lipinski definition) is 1. The maximum Gasteiger partial charge on any atom is 0.342 e. The molecule has 0 spiro atoms. The second-order valence-electron chi connectivity index (χ2n) is 4.27. The van der Waals surface area contributed by atoms with E-state index >= 15 is 0 Å². The van der Waals surface area contributed by atoms with Crippen LogP contribution in [-0.4, -0.2) is 18.2 Å². The minimum atomic E-state index is -0.659. The number of esters is 1. The molecule has 0 unspecified atom stereocenters. The number of aromatic hydroxyl groups is 1. The molecular formula is C16H13NO4. The van der Waals surface area contributed by atoms with Crippen LogP contribution in [0.15, 0.2) is 42.5 Å². The van der Waals surface area contributed by atoms with Crippen molar-refractivity contribution < 1.29 is 19.4 Å². The lowest BCUT2D eigenvalue weighted by molar-refractivity contribution is 0.0469. The molecule has 0 atom stereocenters. The third kappa shape index (κ3) is 3.51. The highest BCUT2D eigenvalue weighted by molar-refractivity contribution is 5.92. The van der Waals surface area contributed by atoms with Gasteiger partial charge < -0.3 is 14.6 Å². The quantitative estimate of drug-likeness (QED) is 0.872. The van der Waals surface area contributed by atoms with Gasteiger partial charge in [-0.1, -0.05) is 12.1 Å². The van der Waals surface area contributed by atoms with Crippen LogP contribution in [0.25, 0.3) is 0 Å². The molecule has 2 aromatic rings. The van der Waals surface area contributed by atoms with Crippen molar-refractivity contribution in [3.8, 4) is 17.6 Å². The van der Waals surface area contributed by atoms with Crippen LogP contribution in [0.5, 0.6) is 11.5 Å². The standard InChI is InChI=1S/C16H13NO4/c1-20-13-5-6-15(18)14(8-13)16(19)21-10-12-4-2-3-11(7-12)9-17/h2-8,18H,10H2,1H3. The van der Waals surface area contributed by atoms with Gasteiger partial charge in [-0.25, -0.2) is 4.79 Å².